The molecule has 0 fully saturated rings. The van der Waals surface area contributed by atoms with Crippen molar-refractivity contribution in [1.29, 1.82) is 0 Å². The van der Waals surface area contributed by atoms with Gasteiger partial charge in [0.1, 0.15) is 5.75 Å². The minimum absolute atomic E-state index is 0.0878. The molecule has 2 aromatic carbocycles. The molecule has 0 aromatic heterocycles. The number of hydrogen-bond donors (Lipinski definition) is 2. The summed E-state index contributed by atoms with van der Waals surface area (Å²) in [6.07, 6.45) is 0.839. The van der Waals surface area contributed by atoms with Crippen LogP contribution in [0.5, 0.6) is 5.75 Å². The van der Waals surface area contributed by atoms with Gasteiger partial charge < -0.3 is 10.1 Å². The van der Waals surface area contributed by atoms with Gasteiger partial charge in [-0.2, -0.15) is 0 Å². The number of rotatable bonds is 8. The van der Waals surface area contributed by atoms with Gasteiger partial charge in [-0.1, -0.05) is 19.1 Å². The van der Waals surface area contributed by atoms with E-state index in [-0.39, 0.29) is 23.5 Å². The molecule has 0 heterocycles. The van der Waals surface area contributed by atoms with E-state index in [1.54, 1.807) is 6.07 Å². The lowest BCUT2D eigenvalue weighted by atomic mass is 10.1. The third-order valence-electron chi connectivity index (χ3n) is 4.16. The number of carbonyl (C=O) groups is 1. The molecule has 0 aliphatic heterocycles. The van der Waals surface area contributed by atoms with Crippen molar-refractivity contribution < 1.29 is 17.9 Å². The minimum Gasteiger partial charge on any atom is -0.484 e. The first-order chi connectivity index (χ1) is 12.7. The first-order valence-electron chi connectivity index (χ1n) is 8.83. The number of benzene rings is 2. The summed E-state index contributed by atoms with van der Waals surface area (Å²) in [4.78, 5) is 11.9. The molecular formula is C20H26N2O4S. The van der Waals surface area contributed by atoms with Gasteiger partial charge in [-0.25, -0.2) is 8.42 Å². The summed E-state index contributed by atoms with van der Waals surface area (Å²) in [6.45, 7) is 7.54. The topological polar surface area (TPSA) is 84.5 Å². The van der Waals surface area contributed by atoms with Crippen molar-refractivity contribution in [3.63, 3.8) is 0 Å². The number of nitrogens with one attached hydrogen (secondary N) is 2. The molecule has 2 N–H and O–H groups in total. The quantitative estimate of drug-likeness (QED) is 0.723. The highest BCUT2D eigenvalue weighted by Crippen LogP contribution is 2.22. The second-order valence-corrected chi connectivity index (χ2v) is 8.24. The number of hydrogen-bond acceptors (Lipinski definition) is 4. The summed E-state index contributed by atoms with van der Waals surface area (Å²) in [5.41, 5.74) is 2.37. The molecule has 0 spiro atoms. The highest BCUT2D eigenvalue weighted by molar-refractivity contribution is 7.92. The maximum absolute atomic E-state index is 12.6. The number of carbonyl (C=O) groups excluding carboxylic acids is 1. The van der Waals surface area contributed by atoms with Crippen molar-refractivity contribution in [2.24, 2.45) is 0 Å². The fraction of sp³-hybridized carbons (Fsp3) is 0.350. The van der Waals surface area contributed by atoms with Crippen molar-refractivity contribution in [2.75, 3.05) is 11.3 Å². The Kier molecular flexibility index (Phi) is 6.85. The molecule has 2 rings (SSSR count). The molecule has 27 heavy (non-hydrogen) atoms. The van der Waals surface area contributed by atoms with Gasteiger partial charge in [0.25, 0.3) is 15.9 Å². The van der Waals surface area contributed by atoms with Crippen LogP contribution in [0.3, 0.4) is 0 Å². The molecule has 146 valence electrons. The SMILES string of the molecule is CC[C@H](C)NC(=O)COc1ccc(S(=O)(=O)Nc2cc(C)ccc2C)cc1. The molecule has 0 unspecified atom stereocenters. The minimum atomic E-state index is -3.70. The van der Waals surface area contributed by atoms with Crippen LogP contribution in [0, 0.1) is 13.8 Å². The number of aryl methyl sites for hydroxylation is 2. The lowest BCUT2D eigenvalue weighted by Crippen LogP contribution is -2.35. The highest BCUT2D eigenvalue weighted by Gasteiger charge is 2.16. The Morgan fingerprint density at radius 3 is 2.41 bits per heavy atom. The predicted molar refractivity (Wildman–Crippen MR) is 107 cm³/mol. The molecule has 0 saturated carbocycles. The zero-order valence-corrected chi connectivity index (χ0v) is 16.9. The van der Waals surface area contributed by atoms with Gasteiger partial charge in [-0.3, -0.25) is 9.52 Å². The van der Waals surface area contributed by atoms with E-state index in [2.05, 4.69) is 10.0 Å². The van der Waals surface area contributed by atoms with E-state index in [1.807, 2.05) is 39.8 Å². The number of amides is 1. The smallest absolute Gasteiger partial charge is 0.261 e. The van der Waals surface area contributed by atoms with E-state index in [0.717, 1.165) is 17.5 Å². The first-order valence-corrected chi connectivity index (χ1v) is 10.3. The van der Waals surface area contributed by atoms with Gasteiger partial charge in [0.15, 0.2) is 6.61 Å². The third kappa shape index (κ3) is 5.99. The summed E-state index contributed by atoms with van der Waals surface area (Å²) >= 11 is 0. The molecule has 0 bridgehead atoms. The fourth-order valence-corrected chi connectivity index (χ4v) is 3.45. The molecule has 1 amide bonds. The molecule has 0 aliphatic carbocycles. The van der Waals surface area contributed by atoms with E-state index in [9.17, 15) is 13.2 Å². The van der Waals surface area contributed by atoms with Crippen LogP contribution in [0.1, 0.15) is 31.4 Å². The zero-order chi connectivity index (χ0) is 20.0. The van der Waals surface area contributed by atoms with E-state index in [4.69, 9.17) is 4.74 Å². The average molecular weight is 391 g/mol. The molecule has 6 nitrogen and oxygen atoms in total. The molecule has 0 saturated heterocycles. The van der Waals surface area contributed by atoms with Crippen LogP contribution in [0.25, 0.3) is 0 Å². The Bertz CT molecular complexity index is 893. The van der Waals surface area contributed by atoms with Crippen molar-refractivity contribution in [3.8, 4) is 5.75 Å². The van der Waals surface area contributed by atoms with Crippen LogP contribution in [0.2, 0.25) is 0 Å². The van der Waals surface area contributed by atoms with E-state index < -0.39 is 10.0 Å². The average Bonchev–Trinajstić information content (AvgIpc) is 2.63. The summed E-state index contributed by atoms with van der Waals surface area (Å²) in [6, 6.07) is 11.7. The van der Waals surface area contributed by atoms with Crippen LogP contribution >= 0.6 is 0 Å². The lowest BCUT2D eigenvalue weighted by molar-refractivity contribution is -0.123. The Morgan fingerprint density at radius 2 is 1.78 bits per heavy atom. The molecule has 0 aliphatic rings. The molecule has 7 heteroatoms. The van der Waals surface area contributed by atoms with Gasteiger partial charge in [-0.05, 0) is 68.7 Å². The van der Waals surface area contributed by atoms with Gasteiger partial charge in [0.05, 0.1) is 10.6 Å². The van der Waals surface area contributed by atoms with E-state index >= 15 is 0 Å². The van der Waals surface area contributed by atoms with Crippen LogP contribution in [-0.4, -0.2) is 27.0 Å². The van der Waals surface area contributed by atoms with Crippen molar-refractivity contribution in [1.82, 2.24) is 5.32 Å². The maximum Gasteiger partial charge on any atom is 0.261 e. The zero-order valence-electron chi connectivity index (χ0n) is 16.1. The molecule has 1 atom stereocenters. The second kappa shape index (κ2) is 8.90. The van der Waals surface area contributed by atoms with Crippen LogP contribution in [-0.2, 0) is 14.8 Å². The van der Waals surface area contributed by atoms with Crippen molar-refractivity contribution in [2.45, 2.75) is 45.1 Å². The third-order valence-corrected chi connectivity index (χ3v) is 5.54. The highest BCUT2D eigenvalue weighted by atomic mass is 32.2. The van der Waals surface area contributed by atoms with Gasteiger partial charge >= 0.3 is 0 Å². The Morgan fingerprint density at radius 1 is 1.11 bits per heavy atom. The van der Waals surface area contributed by atoms with Crippen LogP contribution < -0.4 is 14.8 Å². The fourth-order valence-electron chi connectivity index (χ4n) is 2.33. The Labute approximate surface area is 161 Å². The summed E-state index contributed by atoms with van der Waals surface area (Å²) in [5, 5.41) is 2.80. The normalized spacial score (nSPS) is 12.3. The Hall–Kier alpha value is -2.54. The summed E-state index contributed by atoms with van der Waals surface area (Å²) in [7, 11) is -3.70. The lowest BCUT2D eigenvalue weighted by Gasteiger charge is -2.13. The van der Waals surface area contributed by atoms with Crippen molar-refractivity contribution in [3.05, 3.63) is 53.6 Å². The van der Waals surface area contributed by atoms with Gasteiger partial charge in [0, 0.05) is 6.04 Å². The number of anilines is 1. The standard InChI is InChI=1S/C20H26N2O4S/c1-5-16(4)21-20(23)13-26-17-8-10-18(11-9-17)27(24,25)22-19-12-14(2)6-7-15(19)3/h6-12,16,22H,5,13H2,1-4H3,(H,21,23)/t16-/m0/s1. The van der Waals surface area contributed by atoms with Crippen molar-refractivity contribution >= 4 is 21.6 Å². The maximum atomic E-state index is 12.6. The largest absolute Gasteiger partial charge is 0.484 e. The number of sulfonamides is 1. The van der Waals surface area contributed by atoms with Gasteiger partial charge in [-0.15, -0.1) is 0 Å². The number of ether oxygens (including phenoxy) is 1. The summed E-state index contributed by atoms with van der Waals surface area (Å²) in [5.74, 6) is 0.220. The summed E-state index contributed by atoms with van der Waals surface area (Å²) < 4.78 is 33.2. The van der Waals surface area contributed by atoms with E-state index in [1.165, 1.54) is 24.3 Å². The second-order valence-electron chi connectivity index (χ2n) is 6.56. The molecular weight excluding hydrogens is 364 g/mol. The van der Waals surface area contributed by atoms with Crippen LogP contribution in [0.4, 0.5) is 5.69 Å². The monoisotopic (exact) mass is 390 g/mol. The molecule has 2 aromatic rings. The Balaban J connectivity index is 2.03. The predicted octanol–water partition coefficient (Wildman–Crippen LogP) is 3.40. The van der Waals surface area contributed by atoms with Crippen LogP contribution in [0.15, 0.2) is 47.4 Å². The van der Waals surface area contributed by atoms with Gasteiger partial charge in [0.2, 0.25) is 0 Å². The van der Waals surface area contributed by atoms with E-state index in [0.29, 0.717) is 11.4 Å². The first kappa shape index (κ1) is 20.8. The molecule has 0 radical (unpaired) electrons.